The van der Waals surface area contributed by atoms with Crippen LogP contribution in [0.5, 0.6) is 0 Å². The first-order chi connectivity index (χ1) is 11.6. The second-order valence-electron chi connectivity index (χ2n) is 6.30. The number of thioether (sulfide) groups is 1. The molecule has 2 aromatic rings. The van der Waals surface area contributed by atoms with Crippen molar-refractivity contribution in [2.45, 2.75) is 61.9 Å². The Labute approximate surface area is 151 Å². The average Bonchev–Trinajstić information content (AvgIpc) is 3.13. The van der Waals surface area contributed by atoms with Gasteiger partial charge in [-0.05, 0) is 31.2 Å². The van der Waals surface area contributed by atoms with Gasteiger partial charge in [-0.25, -0.2) is 0 Å². The summed E-state index contributed by atoms with van der Waals surface area (Å²) in [6, 6.07) is 4.37. The van der Waals surface area contributed by atoms with E-state index >= 15 is 0 Å². The van der Waals surface area contributed by atoms with Gasteiger partial charge in [-0.15, -0.1) is 21.5 Å². The molecule has 0 spiro atoms. The van der Waals surface area contributed by atoms with Crippen molar-refractivity contribution >= 4 is 29.0 Å². The number of aromatic nitrogens is 3. The first-order valence-corrected chi connectivity index (χ1v) is 10.3. The van der Waals surface area contributed by atoms with E-state index in [9.17, 15) is 4.79 Å². The molecule has 7 heteroatoms. The van der Waals surface area contributed by atoms with Gasteiger partial charge in [0.1, 0.15) is 0 Å². The van der Waals surface area contributed by atoms with Gasteiger partial charge in [0.25, 0.3) is 0 Å². The van der Waals surface area contributed by atoms with Crippen LogP contribution in [0.15, 0.2) is 22.7 Å². The second kappa shape index (κ2) is 8.16. The van der Waals surface area contributed by atoms with Crippen molar-refractivity contribution in [3.63, 3.8) is 0 Å². The predicted molar refractivity (Wildman–Crippen MR) is 99.3 cm³/mol. The summed E-state index contributed by atoms with van der Waals surface area (Å²) in [6.07, 6.45) is 7.24. The van der Waals surface area contributed by atoms with Crippen LogP contribution in [-0.4, -0.2) is 32.0 Å². The molecule has 1 aliphatic rings. The first kappa shape index (κ1) is 17.5. The van der Waals surface area contributed by atoms with Gasteiger partial charge in [0, 0.05) is 13.1 Å². The Hall–Kier alpha value is -1.34. The van der Waals surface area contributed by atoms with Gasteiger partial charge in [0.2, 0.25) is 5.91 Å². The molecule has 1 saturated carbocycles. The Morgan fingerprint density at radius 1 is 1.33 bits per heavy atom. The molecule has 1 aliphatic carbocycles. The highest BCUT2D eigenvalue weighted by Gasteiger charge is 2.22. The van der Waals surface area contributed by atoms with Crippen LogP contribution in [0.25, 0.3) is 10.7 Å². The zero-order chi connectivity index (χ0) is 16.9. The third kappa shape index (κ3) is 4.19. The molecule has 0 aliphatic heterocycles. The predicted octanol–water partition coefficient (Wildman–Crippen LogP) is 3.86. The SMILES string of the molecule is C[C@@H](Sc1nnc(-c2cccs2)n1C)C(=O)NC1CCCCCC1. The van der Waals surface area contributed by atoms with Crippen LogP contribution < -0.4 is 5.32 Å². The minimum absolute atomic E-state index is 0.104. The first-order valence-electron chi connectivity index (χ1n) is 8.55. The summed E-state index contributed by atoms with van der Waals surface area (Å²) < 4.78 is 1.96. The molecule has 2 heterocycles. The number of thiophene rings is 1. The number of carbonyl (C=O) groups excluding carboxylic acids is 1. The van der Waals surface area contributed by atoms with Gasteiger partial charge in [-0.1, -0.05) is 43.5 Å². The van der Waals surface area contributed by atoms with Crippen LogP contribution in [0.1, 0.15) is 45.4 Å². The van der Waals surface area contributed by atoms with Crippen LogP contribution in [0.3, 0.4) is 0 Å². The van der Waals surface area contributed by atoms with E-state index in [1.165, 1.54) is 37.4 Å². The van der Waals surface area contributed by atoms with Crippen molar-refractivity contribution in [2.24, 2.45) is 7.05 Å². The number of carbonyl (C=O) groups is 1. The van der Waals surface area contributed by atoms with Crippen LogP contribution >= 0.6 is 23.1 Å². The van der Waals surface area contributed by atoms with Crippen LogP contribution in [-0.2, 0) is 11.8 Å². The molecular formula is C17H24N4OS2. The normalized spacial score (nSPS) is 17.4. The molecular weight excluding hydrogens is 340 g/mol. The van der Waals surface area contributed by atoms with E-state index in [0.29, 0.717) is 6.04 Å². The van der Waals surface area contributed by atoms with Crippen LogP contribution in [0, 0.1) is 0 Å². The number of amides is 1. The molecule has 0 aromatic carbocycles. The van der Waals surface area contributed by atoms with E-state index in [4.69, 9.17) is 0 Å². The average molecular weight is 365 g/mol. The molecule has 1 fully saturated rings. The zero-order valence-corrected chi connectivity index (χ0v) is 15.8. The summed E-state index contributed by atoms with van der Waals surface area (Å²) in [5.41, 5.74) is 0. The maximum Gasteiger partial charge on any atom is 0.233 e. The van der Waals surface area contributed by atoms with Gasteiger partial charge in [0.15, 0.2) is 11.0 Å². The quantitative estimate of drug-likeness (QED) is 0.646. The number of nitrogens with one attached hydrogen (secondary N) is 1. The summed E-state index contributed by atoms with van der Waals surface area (Å²) in [4.78, 5) is 13.6. The Balaban J connectivity index is 1.60. The molecule has 0 unspecified atom stereocenters. The fraction of sp³-hybridized carbons (Fsp3) is 0.588. The summed E-state index contributed by atoms with van der Waals surface area (Å²) in [5.74, 6) is 0.955. The van der Waals surface area contributed by atoms with Gasteiger partial charge >= 0.3 is 0 Å². The van der Waals surface area contributed by atoms with Crippen molar-refractivity contribution in [3.8, 4) is 10.7 Å². The van der Waals surface area contributed by atoms with E-state index in [1.807, 2.05) is 36.1 Å². The Morgan fingerprint density at radius 2 is 2.08 bits per heavy atom. The van der Waals surface area contributed by atoms with E-state index in [1.54, 1.807) is 11.3 Å². The van der Waals surface area contributed by atoms with Crippen molar-refractivity contribution in [1.82, 2.24) is 20.1 Å². The highest BCUT2D eigenvalue weighted by molar-refractivity contribution is 8.00. The van der Waals surface area contributed by atoms with Gasteiger partial charge in [-0.2, -0.15) is 0 Å². The lowest BCUT2D eigenvalue weighted by Gasteiger charge is -2.19. The molecule has 0 saturated heterocycles. The molecule has 0 bridgehead atoms. The molecule has 5 nitrogen and oxygen atoms in total. The van der Waals surface area contributed by atoms with Crippen LogP contribution in [0.4, 0.5) is 0 Å². The molecule has 1 N–H and O–H groups in total. The summed E-state index contributed by atoms with van der Waals surface area (Å²) in [6.45, 7) is 1.94. The maximum absolute atomic E-state index is 12.5. The lowest BCUT2D eigenvalue weighted by Crippen LogP contribution is -2.39. The van der Waals surface area contributed by atoms with E-state index < -0.39 is 0 Å². The Morgan fingerprint density at radius 3 is 2.75 bits per heavy atom. The van der Waals surface area contributed by atoms with Gasteiger partial charge in [0.05, 0.1) is 10.1 Å². The fourth-order valence-electron chi connectivity index (χ4n) is 2.99. The number of rotatable bonds is 5. The van der Waals surface area contributed by atoms with E-state index in [0.717, 1.165) is 28.7 Å². The molecule has 1 amide bonds. The molecule has 3 rings (SSSR count). The van der Waals surface area contributed by atoms with Crippen molar-refractivity contribution in [3.05, 3.63) is 17.5 Å². The smallest absolute Gasteiger partial charge is 0.233 e. The summed E-state index contributed by atoms with van der Waals surface area (Å²) >= 11 is 3.11. The van der Waals surface area contributed by atoms with Crippen LogP contribution in [0.2, 0.25) is 0 Å². The standard InChI is InChI=1S/C17H24N4OS2/c1-12(16(22)18-13-8-5-3-4-6-9-13)24-17-20-19-15(21(17)2)14-10-7-11-23-14/h7,10-13H,3-6,8-9H2,1-2H3,(H,18,22)/t12-/m1/s1. The zero-order valence-electron chi connectivity index (χ0n) is 14.2. The third-order valence-electron chi connectivity index (χ3n) is 4.43. The molecule has 2 aromatic heterocycles. The topological polar surface area (TPSA) is 59.8 Å². The highest BCUT2D eigenvalue weighted by atomic mass is 32.2. The lowest BCUT2D eigenvalue weighted by molar-refractivity contribution is -0.121. The van der Waals surface area contributed by atoms with Crippen molar-refractivity contribution in [1.29, 1.82) is 0 Å². The maximum atomic E-state index is 12.5. The number of hydrogen-bond acceptors (Lipinski definition) is 5. The Bertz CT molecular complexity index is 660. The summed E-state index contributed by atoms with van der Waals surface area (Å²) in [7, 11) is 1.95. The number of nitrogens with zero attached hydrogens (tertiary/aromatic N) is 3. The molecule has 0 radical (unpaired) electrons. The monoisotopic (exact) mass is 364 g/mol. The van der Waals surface area contributed by atoms with Gasteiger partial charge < -0.3 is 9.88 Å². The highest BCUT2D eigenvalue weighted by Crippen LogP contribution is 2.28. The van der Waals surface area contributed by atoms with Gasteiger partial charge in [-0.3, -0.25) is 4.79 Å². The second-order valence-corrected chi connectivity index (χ2v) is 8.56. The minimum Gasteiger partial charge on any atom is -0.352 e. The van der Waals surface area contributed by atoms with E-state index in [2.05, 4.69) is 15.5 Å². The van der Waals surface area contributed by atoms with Crippen molar-refractivity contribution < 1.29 is 4.79 Å². The molecule has 1 atom stereocenters. The minimum atomic E-state index is -0.174. The summed E-state index contributed by atoms with van der Waals surface area (Å²) in [5, 5.41) is 14.4. The molecule has 130 valence electrons. The van der Waals surface area contributed by atoms with E-state index in [-0.39, 0.29) is 11.2 Å². The Kier molecular flexibility index (Phi) is 5.94. The van der Waals surface area contributed by atoms with Crippen molar-refractivity contribution in [2.75, 3.05) is 0 Å². The fourth-order valence-corrected chi connectivity index (χ4v) is 4.56. The molecule has 24 heavy (non-hydrogen) atoms. The number of hydrogen-bond donors (Lipinski definition) is 1. The third-order valence-corrected chi connectivity index (χ3v) is 6.43. The lowest BCUT2D eigenvalue weighted by atomic mass is 10.1. The largest absolute Gasteiger partial charge is 0.352 e.